The number of amides is 1. The third kappa shape index (κ3) is 3.27. The molecule has 2 aromatic rings. The molecule has 0 unspecified atom stereocenters. The molecule has 0 bridgehead atoms. The van der Waals surface area contributed by atoms with E-state index < -0.39 is 10.0 Å². The summed E-state index contributed by atoms with van der Waals surface area (Å²) < 4.78 is 30.5. The van der Waals surface area contributed by atoms with E-state index in [1.165, 1.54) is 10.5 Å². The van der Waals surface area contributed by atoms with Crippen molar-refractivity contribution >= 4 is 15.9 Å². The molecule has 4 heterocycles. The molecule has 1 amide bonds. The van der Waals surface area contributed by atoms with Gasteiger partial charge in [0, 0.05) is 51.7 Å². The molecular formula is C17H24N6O3S. The Bertz CT molecular complexity index is 926. The second-order valence-corrected chi connectivity index (χ2v) is 9.02. The van der Waals surface area contributed by atoms with Gasteiger partial charge in [0.1, 0.15) is 5.82 Å². The fraction of sp³-hybridized carbons (Fsp3) is 0.588. The van der Waals surface area contributed by atoms with Crippen LogP contribution in [-0.2, 0) is 30.0 Å². The van der Waals surface area contributed by atoms with Crippen LogP contribution in [0.4, 0.5) is 0 Å². The maximum absolute atomic E-state index is 12.8. The van der Waals surface area contributed by atoms with Gasteiger partial charge < -0.3 is 9.47 Å². The van der Waals surface area contributed by atoms with Crippen molar-refractivity contribution in [2.75, 3.05) is 26.2 Å². The van der Waals surface area contributed by atoms with E-state index in [1.807, 2.05) is 10.7 Å². The summed E-state index contributed by atoms with van der Waals surface area (Å²) in [6.07, 6.45) is 4.70. The minimum Gasteiger partial charge on any atom is -0.337 e. The summed E-state index contributed by atoms with van der Waals surface area (Å²) in [6, 6.07) is 1.88. The van der Waals surface area contributed by atoms with E-state index in [4.69, 9.17) is 0 Å². The number of imidazole rings is 1. The van der Waals surface area contributed by atoms with Crippen molar-refractivity contribution in [1.82, 2.24) is 28.5 Å². The van der Waals surface area contributed by atoms with Gasteiger partial charge in [0.2, 0.25) is 0 Å². The topological polar surface area (TPSA) is 93.3 Å². The molecular weight excluding hydrogens is 368 g/mol. The number of rotatable bonds is 3. The predicted molar refractivity (Wildman–Crippen MR) is 97.8 cm³/mol. The van der Waals surface area contributed by atoms with Gasteiger partial charge in [-0.3, -0.25) is 9.48 Å². The minimum atomic E-state index is -3.64. The second kappa shape index (κ2) is 6.75. The Morgan fingerprint density at radius 1 is 1.11 bits per heavy atom. The van der Waals surface area contributed by atoms with E-state index in [0.717, 1.165) is 31.5 Å². The van der Waals surface area contributed by atoms with Crippen LogP contribution in [0.5, 0.6) is 0 Å². The molecule has 0 aromatic carbocycles. The number of sulfonamides is 1. The van der Waals surface area contributed by atoms with Gasteiger partial charge in [-0.1, -0.05) is 0 Å². The summed E-state index contributed by atoms with van der Waals surface area (Å²) >= 11 is 0. The number of nitrogens with zero attached hydrogens (tertiary/aromatic N) is 6. The van der Waals surface area contributed by atoms with Crippen LogP contribution in [0, 0.1) is 6.92 Å². The SMILES string of the molecule is Cc1nc(S(=O)(=O)N2CCN(C(=O)c3cc4n(n3)CCCC4)CC2)cn1C. The molecule has 4 rings (SSSR count). The van der Waals surface area contributed by atoms with E-state index in [1.54, 1.807) is 23.4 Å². The highest BCUT2D eigenvalue weighted by Crippen LogP contribution is 2.19. The number of carbonyl (C=O) groups is 1. The van der Waals surface area contributed by atoms with E-state index in [0.29, 0.717) is 24.6 Å². The van der Waals surface area contributed by atoms with Crippen molar-refractivity contribution in [3.05, 3.63) is 29.5 Å². The van der Waals surface area contributed by atoms with Crippen LogP contribution in [0.1, 0.15) is 34.8 Å². The molecule has 2 aliphatic rings. The lowest BCUT2D eigenvalue weighted by Gasteiger charge is -2.33. The van der Waals surface area contributed by atoms with Crippen LogP contribution in [0.3, 0.4) is 0 Å². The minimum absolute atomic E-state index is 0.0593. The number of hydrogen-bond donors (Lipinski definition) is 0. The first-order valence-electron chi connectivity index (χ1n) is 9.22. The molecule has 1 fully saturated rings. The summed E-state index contributed by atoms with van der Waals surface area (Å²) in [7, 11) is -1.87. The van der Waals surface area contributed by atoms with E-state index in [9.17, 15) is 13.2 Å². The Morgan fingerprint density at radius 3 is 2.48 bits per heavy atom. The molecule has 2 aromatic heterocycles. The van der Waals surface area contributed by atoms with Crippen LogP contribution in [0.2, 0.25) is 0 Å². The third-order valence-corrected chi connectivity index (χ3v) is 7.12. The smallest absolute Gasteiger partial charge is 0.274 e. The van der Waals surface area contributed by atoms with Gasteiger partial charge in [-0.15, -0.1) is 0 Å². The molecule has 0 radical (unpaired) electrons. The zero-order chi connectivity index (χ0) is 19.2. The predicted octanol–water partition coefficient (Wildman–Crippen LogP) is 0.408. The maximum atomic E-state index is 12.8. The van der Waals surface area contributed by atoms with E-state index in [-0.39, 0.29) is 24.0 Å². The molecule has 146 valence electrons. The first-order valence-corrected chi connectivity index (χ1v) is 10.7. The summed E-state index contributed by atoms with van der Waals surface area (Å²) in [6.45, 7) is 3.85. The van der Waals surface area contributed by atoms with Crippen molar-refractivity contribution in [2.24, 2.45) is 7.05 Å². The fourth-order valence-corrected chi connectivity index (χ4v) is 5.05. The van der Waals surface area contributed by atoms with Gasteiger partial charge in [0.25, 0.3) is 15.9 Å². The molecule has 0 atom stereocenters. The highest BCUT2D eigenvalue weighted by atomic mass is 32.2. The highest BCUT2D eigenvalue weighted by molar-refractivity contribution is 7.89. The maximum Gasteiger partial charge on any atom is 0.274 e. The molecule has 9 nitrogen and oxygen atoms in total. The Balaban J connectivity index is 1.44. The van der Waals surface area contributed by atoms with E-state index >= 15 is 0 Å². The summed E-state index contributed by atoms with van der Waals surface area (Å²) in [5, 5.41) is 4.49. The second-order valence-electron chi connectivity index (χ2n) is 7.13. The van der Waals surface area contributed by atoms with Crippen LogP contribution < -0.4 is 0 Å². The third-order valence-electron chi connectivity index (χ3n) is 5.35. The van der Waals surface area contributed by atoms with Crippen molar-refractivity contribution < 1.29 is 13.2 Å². The van der Waals surface area contributed by atoms with Gasteiger partial charge in [0.05, 0.1) is 0 Å². The molecule has 2 aliphatic heterocycles. The lowest BCUT2D eigenvalue weighted by Crippen LogP contribution is -2.50. The molecule has 27 heavy (non-hydrogen) atoms. The summed E-state index contributed by atoms with van der Waals surface area (Å²) in [5.41, 5.74) is 1.57. The molecule has 10 heteroatoms. The molecule has 1 saturated heterocycles. The standard InChI is InChI=1S/C17H24N6O3S/c1-13-18-16(12-20(13)2)27(25,26)22-9-7-21(8-10-22)17(24)15-11-14-5-3-4-6-23(14)19-15/h11-12H,3-10H2,1-2H3. The first-order chi connectivity index (χ1) is 12.9. The largest absolute Gasteiger partial charge is 0.337 e. The van der Waals surface area contributed by atoms with Gasteiger partial charge >= 0.3 is 0 Å². The summed E-state index contributed by atoms with van der Waals surface area (Å²) in [4.78, 5) is 18.6. The van der Waals surface area contributed by atoms with Crippen LogP contribution in [-0.4, -0.2) is 69.0 Å². The average molecular weight is 392 g/mol. The number of hydrogen-bond acceptors (Lipinski definition) is 5. The lowest BCUT2D eigenvalue weighted by molar-refractivity contribution is 0.0691. The number of aromatic nitrogens is 4. The van der Waals surface area contributed by atoms with Crippen LogP contribution in [0.15, 0.2) is 17.3 Å². The normalized spacial score (nSPS) is 18.5. The number of piperazine rings is 1. The van der Waals surface area contributed by atoms with Crippen LogP contribution in [0.25, 0.3) is 0 Å². The van der Waals surface area contributed by atoms with Crippen molar-refractivity contribution in [3.63, 3.8) is 0 Å². The Kier molecular flexibility index (Phi) is 4.55. The number of carbonyl (C=O) groups excluding carboxylic acids is 1. The van der Waals surface area contributed by atoms with Gasteiger partial charge in [-0.2, -0.15) is 9.40 Å². The average Bonchev–Trinajstić information content (AvgIpc) is 3.25. The quantitative estimate of drug-likeness (QED) is 0.754. The fourth-order valence-electron chi connectivity index (χ4n) is 3.60. The zero-order valence-electron chi connectivity index (χ0n) is 15.6. The summed E-state index contributed by atoms with van der Waals surface area (Å²) in [5.74, 6) is 0.522. The Labute approximate surface area is 158 Å². The zero-order valence-corrected chi connectivity index (χ0v) is 16.4. The Morgan fingerprint density at radius 2 is 1.85 bits per heavy atom. The van der Waals surface area contributed by atoms with Crippen molar-refractivity contribution in [2.45, 2.75) is 37.8 Å². The molecule has 0 N–H and O–H groups in total. The van der Waals surface area contributed by atoms with E-state index in [2.05, 4.69) is 10.1 Å². The van der Waals surface area contributed by atoms with Crippen LogP contribution >= 0.6 is 0 Å². The monoisotopic (exact) mass is 392 g/mol. The van der Waals surface area contributed by atoms with Gasteiger partial charge in [0.15, 0.2) is 10.7 Å². The highest BCUT2D eigenvalue weighted by Gasteiger charge is 2.33. The molecule has 0 spiro atoms. The van der Waals surface area contributed by atoms with Gasteiger partial charge in [-0.25, -0.2) is 13.4 Å². The van der Waals surface area contributed by atoms with Gasteiger partial charge in [-0.05, 0) is 32.3 Å². The first kappa shape index (κ1) is 18.2. The lowest BCUT2D eigenvalue weighted by atomic mass is 10.1. The Hall–Kier alpha value is -2.20. The van der Waals surface area contributed by atoms with Crippen molar-refractivity contribution in [3.8, 4) is 0 Å². The number of aryl methyl sites for hydroxylation is 4. The molecule has 0 aliphatic carbocycles. The molecule has 0 saturated carbocycles. The number of fused-ring (bicyclic) bond motifs is 1. The van der Waals surface area contributed by atoms with Crippen molar-refractivity contribution in [1.29, 1.82) is 0 Å².